The summed E-state index contributed by atoms with van der Waals surface area (Å²) in [5.41, 5.74) is 0. The summed E-state index contributed by atoms with van der Waals surface area (Å²) in [6, 6.07) is 2.48. The average Bonchev–Trinajstić information content (AvgIpc) is 2.54. The Morgan fingerprint density at radius 1 is 0.452 bits per heavy atom. The molecule has 0 aromatic carbocycles. The zero-order valence-corrected chi connectivity index (χ0v) is 26.2. The molecule has 0 amide bonds. The molecule has 0 atom stereocenters. The van der Waals surface area contributed by atoms with Crippen molar-refractivity contribution >= 4 is 16.6 Å². The molecule has 2 nitrogen and oxygen atoms in total. The topological polar surface area (TPSA) is 18.5 Å². The van der Waals surface area contributed by atoms with Crippen molar-refractivity contribution in [3.05, 3.63) is 0 Å². The van der Waals surface area contributed by atoms with Crippen molar-refractivity contribution in [2.24, 2.45) is 0 Å². The molecule has 0 aliphatic rings. The van der Waals surface area contributed by atoms with Crippen LogP contribution in [-0.2, 0) is 8.85 Å². The first-order chi connectivity index (χ1) is 13.8. The smallest absolute Gasteiger partial charge is 0.203 e. The molecule has 0 radical (unpaired) electrons. The number of rotatable bonds is 12. The van der Waals surface area contributed by atoms with E-state index in [1.54, 1.807) is 0 Å². The van der Waals surface area contributed by atoms with Gasteiger partial charge in [0.2, 0.25) is 16.6 Å². The standard InChI is InChI=1S/C27H60O2Si2/c1-15-17-20-28-30(24(3,4)5,25(6,7)8)22-19-23-31(26(9,10)11,27(12,13)14)29-21-18-16-2/h15-23H2,1-14H3. The molecule has 0 fully saturated rings. The maximum atomic E-state index is 7.00. The van der Waals surface area contributed by atoms with E-state index >= 15 is 0 Å². The van der Waals surface area contributed by atoms with Crippen molar-refractivity contribution in [2.45, 2.75) is 161 Å². The Bertz CT molecular complexity index is 427. The molecule has 0 rings (SSSR count). The zero-order valence-electron chi connectivity index (χ0n) is 24.2. The largest absolute Gasteiger partial charge is 0.416 e. The summed E-state index contributed by atoms with van der Waals surface area (Å²) in [6.07, 6.45) is 5.98. The Kier molecular flexibility index (Phi) is 11.8. The van der Waals surface area contributed by atoms with E-state index in [1.807, 2.05) is 0 Å². The van der Waals surface area contributed by atoms with Gasteiger partial charge in [-0.2, -0.15) is 0 Å². The van der Waals surface area contributed by atoms with Gasteiger partial charge in [-0.3, -0.25) is 0 Å². The molecule has 0 saturated heterocycles. The van der Waals surface area contributed by atoms with Crippen molar-refractivity contribution in [3.63, 3.8) is 0 Å². The van der Waals surface area contributed by atoms with Crippen molar-refractivity contribution in [1.82, 2.24) is 0 Å². The summed E-state index contributed by atoms with van der Waals surface area (Å²) in [5.74, 6) is 0. The van der Waals surface area contributed by atoms with E-state index in [0.29, 0.717) is 0 Å². The molecule has 0 bridgehead atoms. The van der Waals surface area contributed by atoms with Crippen LogP contribution in [0, 0.1) is 0 Å². The average molecular weight is 473 g/mol. The predicted octanol–water partition coefficient (Wildman–Crippen LogP) is 10.1. The second-order valence-corrected chi connectivity index (χ2v) is 24.8. The molecule has 4 heteroatoms. The van der Waals surface area contributed by atoms with Gasteiger partial charge in [0, 0.05) is 13.2 Å². The molecule has 0 aliphatic carbocycles. The van der Waals surface area contributed by atoms with Crippen molar-refractivity contribution < 1.29 is 8.85 Å². The summed E-state index contributed by atoms with van der Waals surface area (Å²) in [7, 11) is -4.05. The van der Waals surface area contributed by atoms with Crippen molar-refractivity contribution in [2.75, 3.05) is 13.2 Å². The van der Waals surface area contributed by atoms with Gasteiger partial charge in [-0.05, 0) is 45.1 Å². The molecule has 0 N–H and O–H groups in total. The summed E-state index contributed by atoms with van der Waals surface area (Å²) in [6.45, 7) is 35.6. The second kappa shape index (κ2) is 11.7. The molecule has 0 aliphatic heterocycles. The van der Waals surface area contributed by atoms with E-state index in [9.17, 15) is 0 Å². The van der Waals surface area contributed by atoms with Gasteiger partial charge in [0.15, 0.2) is 0 Å². The molecule has 0 aromatic rings. The van der Waals surface area contributed by atoms with Crippen LogP contribution in [0.1, 0.15) is 129 Å². The maximum absolute atomic E-state index is 7.00. The quantitative estimate of drug-likeness (QED) is 0.208. The van der Waals surface area contributed by atoms with E-state index in [2.05, 4.69) is 96.9 Å². The Hall–Kier alpha value is 0.354. The molecule has 188 valence electrons. The Balaban J connectivity index is 5.99. The second-order valence-electron chi connectivity index (χ2n) is 13.9. The van der Waals surface area contributed by atoms with E-state index < -0.39 is 16.6 Å². The van der Waals surface area contributed by atoms with Crippen LogP contribution in [0.2, 0.25) is 32.2 Å². The van der Waals surface area contributed by atoms with Gasteiger partial charge in [-0.15, -0.1) is 0 Å². The van der Waals surface area contributed by atoms with Crippen LogP contribution in [0.4, 0.5) is 0 Å². The SMILES string of the molecule is CCCCO[Si](CCC[Si](OCCCC)(C(C)(C)C)C(C)(C)C)(C(C)(C)C)C(C)(C)C. The normalized spacial score (nSPS) is 14.9. The molecule has 0 heterocycles. The lowest BCUT2D eigenvalue weighted by atomic mass is 10.2. The van der Waals surface area contributed by atoms with E-state index in [0.717, 1.165) is 13.2 Å². The van der Waals surface area contributed by atoms with Crippen LogP contribution in [0.15, 0.2) is 0 Å². The summed E-state index contributed by atoms with van der Waals surface area (Å²) < 4.78 is 14.0. The third-order valence-corrected chi connectivity index (χ3v) is 20.8. The molecule has 0 saturated carbocycles. The first-order valence-corrected chi connectivity index (χ1v) is 17.3. The fraction of sp³-hybridized carbons (Fsp3) is 1.00. The minimum absolute atomic E-state index is 0.218. The first kappa shape index (κ1) is 31.4. The summed E-state index contributed by atoms with van der Waals surface area (Å²) in [5, 5.41) is 0.872. The Labute approximate surface area is 199 Å². The highest BCUT2D eigenvalue weighted by molar-refractivity contribution is 6.81. The van der Waals surface area contributed by atoms with Gasteiger partial charge in [0.25, 0.3) is 0 Å². The van der Waals surface area contributed by atoms with Crippen LogP contribution in [0.5, 0.6) is 0 Å². The minimum Gasteiger partial charge on any atom is -0.416 e. The molecule has 0 unspecified atom stereocenters. The van der Waals surface area contributed by atoms with E-state index in [1.165, 1.54) is 44.2 Å². The monoisotopic (exact) mass is 472 g/mol. The lowest BCUT2D eigenvalue weighted by molar-refractivity contribution is 0.243. The molecular weight excluding hydrogens is 412 g/mol. The highest BCUT2D eigenvalue weighted by Gasteiger charge is 2.57. The van der Waals surface area contributed by atoms with Crippen molar-refractivity contribution in [1.29, 1.82) is 0 Å². The fourth-order valence-electron chi connectivity index (χ4n) is 6.13. The van der Waals surface area contributed by atoms with Gasteiger partial charge in [0.1, 0.15) is 0 Å². The maximum Gasteiger partial charge on any atom is 0.203 e. The Morgan fingerprint density at radius 2 is 0.710 bits per heavy atom. The predicted molar refractivity (Wildman–Crippen MR) is 146 cm³/mol. The Morgan fingerprint density at radius 3 is 0.903 bits per heavy atom. The highest BCUT2D eigenvalue weighted by Crippen LogP contribution is 2.58. The third kappa shape index (κ3) is 7.68. The van der Waals surface area contributed by atoms with Crippen LogP contribution in [-0.4, -0.2) is 29.8 Å². The van der Waals surface area contributed by atoms with Crippen LogP contribution >= 0.6 is 0 Å². The van der Waals surface area contributed by atoms with E-state index in [-0.39, 0.29) is 20.2 Å². The van der Waals surface area contributed by atoms with E-state index in [4.69, 9.17) is 8.85 Å². The van der Waals surface area contributed by atoms with Crippen LogP contribution < -0.4 is 0 Å². The number of hydrogen-bond donors (Lipinski definition) is 0. The van der Waals surface area contributed by atoms with Gasteiger partial charge in [-0.1, -0.05) is 116 Å². The fourth-order valence-corrected chi connectivity index (χ4v) is 18.3. The van der Waals surface area contributed by atoms with Gasteiger partial charge < -0.3 is 8.85 Å². The third-order valence-electron chi connectivity index (χ3n) is 7.60. The summed E-state index contributed by atoms with van der Waals surface area (Å²) in [4.78, 5) is 0. The minimum atomic E-state index is -2.03. The van der Waals surface area contributed by atoms with Crippen LogP contribution in [0.25, 0.3) is 0 Å². The molecule has 0 spiro atoms. The highest BCUT2D eigenvalue weighted by atomic mass is 28.4. The van der Waals surface area contributed by atoms with Crippen LogP contribution in [0.3, 0.4) is 0 Å². The molecule has 31 heavy (non-hydrogen) atoms. The lowest BCUT2D eigenvalue weighted by Gasteiger charge is -2.53. The lowest BCUT2D eigenvalue weighted by Crippen LogP contribution is -2.57. The summed E-state index contributed by atoms with van der Waals surface area (Å²) >= 11 is 0. The molecule has 0 aromatic heterocycles. The number of unbranched alkanes of at least 4 members (excludes halogenated alkanes) is 2. The number of hydrogen-bond acceptors (Lipinski definition) is 2. The van der Waals surface area contributed by atoms with Crippen molar-refractivity contribution in [3.8, 4) is 0 Å². The first-order valence-electron chi connectivity index (χ1n) is 13.1. The van der Waals surface area contributed by atoms with Gasteiger partial charge >= 0.3 is 0 Å². The zero-order chi connectivity index (χ0) is 24.8. The van der Waals surface area contributed by atoms with Gasteiger partial charge in [0.05, 0.1) is 0 Å². The molecular formula is C27H60O2Si2. The van der Waals surface area contributed by atoms with Gasteiger partial charge in [-0.25, -0.2) is 0 Å².